The third-order valence-corrected chi connectivity index (χ3v) is 4.80. The number of aromatic nitrogens is 3. The van der Waals surface area contributed by atoms with Crippen molar-refractivity contribution in [3.8, 4) is 0 Å². The molecule has 1 N–H and O–H groups in total. The van der Waals surface area contributed by atoms with Crippen molar-refractivity contribution in [2.24, 2.45) is 0 Å². The Balaban J connectivity index is 1.46. The van der Waals surface area contributed by atoms with Gasteiger partial charge in [-0.25, -0.2) is 9.48 Å². The summed E-state index contributed by atoms with van der Waals surface area (Å²) in [7, 11) is 0. The van der Waals surface area contributed by atoms with Crippen molar-refractivity contribution in [2.75, 3.05) is 0 Å². The third-order valence-electron chi connectivity index (χ3n) is 4.80. The fraction of sp³-hybridized carbons (Fsp3) is 0.412. The van der Waals surface area contributed by atoms with Crippen LogP contribution in [-0.4, -0.2) is 37.4 Å². The average molecular weight is 325 g/mol. The number of benzene rings is 1. The van der Waals surface area contributed by atoms with Crippen LogP contribution in [0.2, 0.25) is 0 Å². The van der Waals surface area contributed by atoms with E-state index in [2.05, 4.69) is 15.6 Å². The Morgan fingerprint density at radius 3 is 2.58 bits per heavy atom. The van der Waals surface area contributed by atoms with E-state index < -0.39 is 5.54 Å². The number of nitrogens with zero attached hydrogens (tertiary/aromatic N) is 4. The highest BCUT2D eigenvalue weighted by Crippen LogP contribution is 2.35. The van der Waals surface area contributed by atoms with Crippen molar-refractivity contribution >= 4 is 11.9 Å². The topological polar surface area (TPSA) is 80.1 Å². The quantitative estimate of drug-likeness (QED) is 0.868. The van der Waals surface area contributed by atoms with Gasteiger partial charge in [0.25, 0.3) is 5.91 Å². The van der Waals surface area contributed by atoms with Gasteiger partial charge in [-0.3, -0.25) is 9.69 Å². The second-order valence-corrected chi connectivity index (χ2v) is 6.50. The van der Waals surface area contributed by atoms with Crippen LogP contribution >= 0.6 is 0 Å². The first-order valence-electron chi connectivity index (χ1n) is 8.23. The lowest BCUT2D eigenvalue weighted by molar-refractivity contribution is -0.131. The molecule has 1 aromatic heterocycles. The second kappa shape index (κ2) is 5.74. The average Bonchev–Trinajstić information content (AvgIpc) is 3.27. The van der Waals surface area contributed by atoms with Crippen LogP contribution in [0.15, 0.2) is 36.5 Å². The van der Waals surface area contributed by atoms with Gasteiger partial charge >= 0.3 is 6.03 Å². The van der Waals surface area contributed by atoms with Crippen molar-refractivity contribution in [3.63, 3.8) is 0 Å². The number of hydrogen-bond acceptors (Lipinski definition) is 4. The van der Waals surface area contributed by atoms with Crippen molar-refractivity contribution < 1.29 is 9.59 Å². The van der Waals surface area contributed by atoms with Crippen LogP contribution in [0.25, 0.3) is 0 Å². The molecule has 2 aromatic rings. The van der Waals surface area contributed by atoms with Crippen molar-refractivity contribution in [1.82, 2.24) is 25.2 Å². The Labute approximate surface area is 139 Å². The van der Waals surface area contributed by atoms with Crippen molar-refractivity contribution in [3.05, 3.63) is 47.8 Å². The summed E-state index contributed by atoms with van der Waals surface area (Å²) in [5.74, 6) is -0.123. The Bertz CT molecular complexity index is 764. The molecule has 1 spiro atoms. The number of hydrogen-bond donors (Lipinski definition) is 1. The molecule has 1 saturated heterocycles. The zero-order valence-electron chi connectivity index (χ0n) is 13.3. The molecule has 0 atom stereocenters. The van der Waals surface area contributed by atoms with Gasteiger partial charge in [-0.1, -0.05) is 48.4 Å². The van der Waals surface area contributed by atoms with Gasteiger partial charge in [-0.05, 0) is 18.4 Å². The smallest absolute Gasteiger partial charge is 0.323 e. The minimum Gasteiger partial charge on any atom is -0.323 e. The molecule has 1 aliphatic carbocycles. The molecule has 7 nitrogen and oxygen atoms in total. The molecule has 0 radical (unpaired) electrons. The standard InChI is InChI=1S/C17H19N5O2/c23-15-17(8-4-5-9-17)18-16(24)22(15)12-14-11-21(20-19-14)10-13-6-2-1-3-7-13/h1-3,6-7,11H,4-5,8-10,12H2,(H,18,24). The molecule has 4 rings (SSSR count). The summed E-state index contributed by atoms with van der Waals surface area (Å²) in [5.41, 5.74) is 1.07. The summed E-state index contributed by atoms with van der Waals surface area (Å²) < 4.78 is 1.72. The second-order valence-electron chi connectivity index (χ2n) is 6.50. The van der Waals surface area contributed by atoms with Crippen molar-refractivity contribution in [1.29, 1.82) is 0 Å². The molecule has 3 amide bonds. The lowest BCUT2D eigenvalue weighted by Gasteiger charge is -2.19. The fourth-order valence-corrected chi connectivity index (χ4v) is 3.56. The lowest BCUT2D eigenvalue weighted by atomic mass is 9.98. The van der Waals surface area contributed by atoms with E-state index in [4.69, 9.17) is 0 Å². The molecule has 7 heteroatoms. The minimum atomic E-state index is -0.670. The van der Waals surface area contributed by atoms with E-state index in [0.717, 1.165) is 31.2 Å². The summed E-state index contributed by atoms with van der Waals surface area (Å²) in [6, 6.07) is 9.63. The van der Waals surface area contributed by atoms with E-state index in [-0.39, 0.29) is 18.5 Å². The number of urea groups is 1. The first-order valence-corrected chi connectivity index (χ1v) is 8.23. The van der Waals surface area contributed by atoms with E-state index in [1.807, 2.05) is 30.3 Å². The van der Waals surface area contributed by atoms with Gasteiger partial charge in [-0.2, -0.15) is 0 Å². The third kappa shape index (κ3) is 2.55. The molecule has 2 fully saturated rings. The van der Waals surface area contributed by atoms with Crippen LogP contribution in [-0.2, 0) is 17.9 Å². The van der Waals surface area contributed by atoms with E-state index >= 15 is 0 Å². The Morgan fingerprint density at radius 1 is 1.08 bits per heavy atom. The number of nitrogens with one attached hydrogen (secondary N) is 1. The van der Waals surface area contributed by atoms with Crippen molar-refractivity contribution in [2.45, 2.75) is 44.3 Å². The van der Waals surface area contributed by atoms with E-state index in [9.17, 15) is 9.59 Å². The van der Waals surface area contributed by atoms with Crippen LogP contribution in [0.4, 0.5) is 4.79 Å². The summed E-state index contributed by atoms with van der Waals surface area (Å²) in [6.45, 7) is 0.777. The van der Waals surface area contributed by atoms with Gasteiger partial charge in [0, 0.05) is 0 Å². The first kappa shape index (κ1) is 14.9. The number of carbonyl (C=O) groups is 2. The highest BCUT2D eigenvalue weighted by molar-refractivity contribution is 6.07. The van der Waals surface area contributed by atoms with Gasteiger partial charge in [0.1, 0.15) is 11.2 Å². The highest BCUT2D eigenvalue weighted by Gasteiger charge is 2.52. The molecule has 0 bridgehead atoms. The molecule has 24 heavy (non-hydrogen) atoms. The molecule has 2 heterocycles. The molecule has 124 valence electrons. The molecule has 1 saturated carbocycles. The lowest BCUT2D eigenvalue weighted by Crippen LogP contribution is -2.44. The maximum absolute atomic E-state index is 12.6. The number of amides is 3. The Kier molecular flexibility index (Phi) is 3.55. The molecule has 1 aliphatic heterocycles. The predicted octanol–water partition coefficient (Wildman–Crippen LogP) is 1.69. The number of rotatable bonds is 4. The van der Waals surface area contributed by atoms with Gasteiger partial charge < -0.3 is 5.32 Å². The monoisotopic (exact) mass is 325 g/mol. The van der Waals surface area contributed by atoms with E-state index in [1.54, 1.807) is 10.9 Å². The molecular weight excluding hydrogens is 306 g/mol. The predicted molar refractivity (Wildman–Crippen MR) is 85.8 cm³/mol. The normalized spacial score (nSPS) is 19.2. The van der Waals surface area contributed by atoms with Crippen LogP contribution in [0.5, 0.6) is 0 Å². The summed E-state index contributed by atoms with van der Waals surface area (Å²) in [6.07, 6.45) is 5.21. The number of carbonyl (C=O) groups excluding carboxylic acids is 2. The van der Waals surface area contributed by atoms with Gasteiger partial charge in [0.05, 0.1) is 19.3 Å². The summed E-state index contributed by atoms with van der Waals surface area (Å²) in [5, 5.41) is 11.1. The minimum absolute atomic E-state index is 0.123. The van der Waals surface area contributed by atoms with Crippen LogP contribution < -0.4 is 5.32 Å². The van der Waals surface area contributed by atoms with E-state index in [1.165, 1.54) is 4.90 Å². The Hall–Kier alpha value is -2.70. The molecule has 1 aromatic carbocycles. The molecule has 0 unspecified atom stereocenters. The zero-order chi connectivity index (χ0) is 16.6. The maximum atomic E-state index is 12.6. The van der Waals surface area contributed by atoms with Gasteiger partial charge in [-0.15, -0.1) is 5.10 Å². The fourth-order valence-electron chi connectivity index (χ4n) is 3.56. The van der Waals surface area contributed by atoms with Crippen LogP contribution in [0.1, 0.15) is 36.9 Å². The van der Waals surface area contributed by atoms with Crippen LogP contribution in [0, 0.1) is 0 Å². The highest BCUT2D eigenvalue weighted by atomic mass is 16.2. The summed E-state index contributed by atoms with van der Waals surface area (Å²) in [4.78, 5) is 26.1. The number of imide groups is 1. The van der Waals surface area contributed by atoms with Gasteiger partial charge in [0.2, 0.25) is 0 Å². The van der Waals surface area contributed by atoms with Gasteiger partial charge in [0.15, 0.2) is 0 Å². The van der Waals surface area contributed by atoms with E-state index in [0.29, 0.717) is 12.2 Å². The zero-order valence-corrected chi connectivity index (χ0v) is 13.3. The maximum Gasteiger partial charge on any atom is 0.325 e. The first-order chi connectivity index (χ1) is 11.7. The largest absolute Gasteiger partial charge is 0.325 e. The SMILES string of the molecule is O=C1NC2(CCCC2)C(=O)N1Cc1cn(Cc2ccccc2)nn1. The molecular formula is C17H19N5O2. The summed E-state index contributed by atoms with van der Waals surface area (Å²) >= 11 is 0. The van der Waals surface area contributed by atoms with Crippen LogP contribution in [0.3, 0.4) is 0 Å². The molecule has 2 aliphatic rings. The Morgan fingerprint density at radius 2 is 1.83 bits per heavy atom.